The molecule has 0 saturated carbocycles. The fourth-order valence-electron chi connectivity index (χ4n) is 1.69. The Labute approximate surface area is 145 Å². The van der Waals surface area contributed by atoms with Crippen molar-refractivity contribution in [3.8, 4) is 5.75 Å². The van der Waals surface area contributed by atoms with Crippen LogP contribution in [0.4, 0.5) is 0 Å². The van der Waals surface area contributed by atoms with Crippen LogP contribution in [0.1, 0.15) is 5.56 Å². The smallest absolute Gasteiger partial charge is 0.339 e. The lowest BCUT2D eigenvalue weighted by atomic mass is 10.2. The molecule has 0 spiro atoms. The largest absolute Gasteiger partial charge is 0.377 e. The molecule has 0 radical (unpaired) electrons. The Balaban J connectivity index is 2.47. The molecule has 0 amide bonds. The van der Waals surface area contributed by atoms with E-state index in [1.54, 1.807) is 37.3 Å². The highest BCUT2D eigenvalue weighted by molar-refractivity contribution is 7.87. The van der Waals surface area contributed by atoms with Crippen molar-refractivity contribution in [2.24, 2.45) is 5.10 Å². The molecule has 0 aliphatic carbocycles. The molecule has 0 fully saturated rings. The summed E-state index contributed by atoms with van der Waals surface area (Å²) < 4.78 is 29.9. The van der Waals surface area contributed by atoms with E-state index >= 15 is 0 Å². The summed E-state index contributed by atoms with van der Waals surface area (Å²) in [6, 6.07) is 10.7. The van der Waals surface area contributed by atoms with Crippen molar-refractivity contribution < 1.29 is 12.6 Å². The third-order valence-corrected chi connectivity index (χ3v) is 4.42. The molecular formula is C15H14Cl2N2O3S. The Morgan fingerprint density at radius 3 is 2.39 bits per heavy atom. The Bertz CT molecular complexity index is 822. The second-order valence-electron chi connectivity index (χ2n) is 4.75. The average Bonchev–Trinajstić information content (AvgIpc) is 2.49. The van der Waals surface area contributed by atoms with Gasteiger partial charge in [-0.05, 0) is 24.3 Å². The molecule has 0 heterocycles. The highest BCUT2D eigenvalue weighted by atomic mass is 35.5. The maximum atomic E-state index is 12.4. The van der Waals surface area contributed by atoms with Crippen LogP contribution in [-0.4, -0.2) is 33.7 Å². The molecule has 0 atom stereocenters. The highest BCUT2D eigenvalue weighted by Crippen LogP contribution is 2.33. The minimum Gasteiger partial charge on any atom is -0.377 e. The number of hydrazone groups is 1. The van der Waals surface area contributed by atoms with E-state index < -0.39 is 10.1 Å². The van der Waals surface area contributed by atoms with Gasteiger partial charge in [-0.15, -0.1) is 0 Å². The molecule has 5 nitrogen and oxygen atoms in total. The molecule has 2 rings (SSSR count). The van der Waals surface area contributed by atoms with Gasteiger partial charge in [0.05, 0.1) is 11.2 Å². The summed E-state index contributed by atoms with van der Waals surface area (Å²) in [5.41, 5.74) is 0.357. The zero-order valence-corrected chi connectivity index (χ0v) is 14.7. The first-order chi connectivity index (χ1) is 10.8. The van der Waals surface area contributed by atoms with Gasteiger partial charge in [0.2, 0.25) is 0 Å². The molecule has 0 aliphatic rings. The lowest BCUT2D eigenvalue weighted by Crippen LogP contribution is -2.11. The van der Waals surface area contributed by atoms with Gasteiger partial charge in [-0.1, -0.05) is 41.4 Å². The predicted molar refractivity (Wildman–Crippen MR) is 92.0 cm³/mol. The Hall–Kier alpha value is -1.76. The van der Waals surface area contributed by atoms with Crippen LogP contribution in [-0.2, 0) is 10.1 Å². The Kier molecular flexibility index (Phi) is 5.51. The molecule has 0 aliphatic heterocycles. The van der Waals surface area contributed by atoms with Crippen molar-refractivity contribution >= 4 is 39.5 Å². The van der Waals surface area contributed by atoms with Gasteiger partial charge in [-0.2, -0.15) is 13.5 Å². The second kappa shape index (κ2) is 7.21. The third-order valence-electron chi connectivity index (χ3n) is 2.69. The van der Waals surface area contributed by atoms with Gasteiger partial charge >= 0.3 is 10.1 Å². The first-order valence-electron chi connectivity index (χ1n) is 6.49. The maximum Gasteiger partial charge on any atom is 0.339 e. The van der Waals surface area contributed by atoms with Gasteiger partial charge in [0.1, 0.15) is 4.90 Å². The van der Waals surface area contributed by atoms with Crippen LogP contribution in [0.15, 0.2) is 52.5 Å². The zero-order valence-electron chi connectivity index (χ0n) is 12.4. The minimum absolute atomic E-state index is 0.0227. The van der Waals surface area contributed by atoms with E-state index in [1.165, 1.54) is 30.5 Å². The number of hydrogen-bond acceptors (Lipinski definition) is 5. The van der Waals surface area contributed by atoms with E-state index in [1.807, 2.05) is 0 Å². The van der Waals surface area contributed by atoms with Crippen molar-refractivity contribution in [2.45, 2.75) is 4.90 Å². The summed E-state index contributed by atoms with van der Waals surface area (Å²) in [5, 5.41) is 6.03. The second-order valence-corrected chi connectivity index (χ2v) is 7.14. The number of hydrogen-bond donors (Lipinski definition) is 0. The molecule has 8 heteroatoms. The average molecular weight is 373 g/mol. The molecular weight excluding hydrogens is 359 g/mol. The number of benzene rings is 2. The lowest BCUT2D eigenvalue weighted by Gasteiger charge is -2.12. The SMILES string of the molecule is CN(C)N=Cc1cc(Cl)cc(Cl)c1OS(=O)(=O)c1ccccc1. The third kappa shape index (κ3) is 4.60. The molecule has 0 unspecified atom stereocenters. The molecule has 0 saturated heterocycles. The van der Waals surface area contributed by atoms with Crippen LogP contribution < -0.4 is 4.18 Å². The van der Waals surface area contributed by atoms with E-state index in [-0.39, 0.29) is 15.7 Å². The van der Waals surface area contributed by atoms with Crippen LogP contribution in [0.3, 0.4) is 0 Å². The fourth-order valence-corrected chi connectivity index (χ4v) is 3.27. The summed E-state index contributed by atoms with van der Waals surface area (Å²) in [5.74, 6) is -0.0227. The zero-order chi connectivity index (χ0) is 17.0. The fraction of sp³-hybridized carbons (Fsp3) is 0.133. The van der Waals surface area contributed by atoms with Gasteiger partial charge in [0, 0.05) is 24.7 Å². The highest BCUT2D eigenvalue weighted by Gasteiger charge is 2.20. The van der Waals surface area contributed by atoms with Crippen LogP contribution in [0.25, 0.3) is 0 Å². The maximum absolute atomic E-state index is 12.4. The lowest BCUT2D eigenvalue weighted by molar-refractivity contribution is 0.440. The van der Waals surface area contributed by atoms with Crippen molar-refractivity contribution in [1.82, 2.24) is 5.01 Å². The van der Waals surface area contributed by atoms with Gasteiger partial charge in [0.15, 0.2) is 5.75 Å². The quantitative estimate of drug-likeness (QED) is 0.456. The summed E-state index contributed by atoms with van der Waals surface area (Å²) in [6.07, 6.45) is 1.42. The van der Waals surface area contributed by atoms with Crippen molar-refractivity contribution in [2.75, 3.05) is 14.1 Å². The normalized spacial score (nSPS) is 11.7. The summed E-state index contributed by atoms with van der Waals surface area (Å²) >= 11 is 12.1. The Morgan fingerprint density at radius 1 is 1.13 bits per heavy atom. The van der Waals surface area contributed by atoms with Gasteiger partial charge < -0.3 is 9.19 Å². The van der Waals surface area contributed by atoms with Crippen LogP contribution in [0.2, 0.25) is 10.0 Å². The summed E-state index contributed by atoms with van der Waals surface area (Å²) in [6.45, 7) is 0. The van der Waals surface area contributed by atoms with E-state index in [0.29, 0.717) is 10.6 Å². The summed E-state index contributed by atoms with van der Waals surface area (Å²) in [4.78, 5) is 0.0292. The number of rotatable bonds is 5. The molecule has 0 N–H and O–H groups in total. The van der Waals surface area contributed by atoms with Gasteiger partial charge in [0.25, 0.3) is 0 Å². The van der Waals surface area contributed by atoms with Gasteiger partial charge in [-0.3, -0.25) is 0 Å². The number of nitrogens with zero attached hydrogens (tertiary/aromatic N) is 2. The topological polar surface area (TPSA) is 59.0 Å². The van der Waals surface area contributed by atoms with Crippen LogP contribution >= 0.6 is 23.2 Å². The van der Waals surface area contributed by atoms with E-state index in [0.717, 1.165) is 0 Å². The van der Waals surface area contributed by atoms with E-state index in [9.17, 15) is 8.42 Å². The van der Waals surface area contributed by atoms with Crippen molar-refractivity contribution in [3.63, 3.8) is 0 Å². The summed E-state index contributed by atoms with van der Waals surface area (Å²) in [7, 11) is -0.560. The predicted octanol–water partition coefficient (Wildman–Crippen LogP) is 3.66. The van der Waals surface area contributed by atoms with Gasteiger partial charge in [-0.25, -0.2) is 0 Å². The molecule has 2 aromatic carbocycles. The molecule has 0 bridgehead atoms. The number of halogens is 2. The van der Waals surface area contributed by atoms with Crippen molar-refractivity contribution in [1.29, 1.82) is 0 Å². The van der Waals surface area contributed by atoms with Crippen molar-refractivity contribution in [3.05, 3.63) is 58.1 Å². The first kappa shape index (κ1) is 17.6. The van der Waals surface area contributed by atoms with Crippen LogP contribution in [0, 0.1) is 0 Å². The molecule has 2 aromatic rings. The van der Waals surface area contributed by atoms with E-state index in [2.05, 4.69) is 5.10 Å². The van der Waals surface area contributed by atoms with E-state index in [4.69, 9.17) is 27.4 Å². The molecule has 122 valence electrons. The van der Waals surface area contributed by atoms with Crippen LogP contribution in [0.5, 0.6) is 5.75 Å². The molecule has 23 heavy (non-hydrogen) atoms. The monoisotopic (exact) mass is 372 g/mol. The minimum atomic E-state index is -4.01. The molecule has 0 aromatic heterocycles. The Morgan fingerprint density at radius 2 is 1.78 bits per heavy atom. The standard InChI is InChI=1S/C15H14Cl2N2O3S/c1-19(2)18-10-11-8-12(16)9-14(17)15(11)22-23(20,21)13-6-4-3-5-7-13/h3-10H,1-2H3. The first-order valence-corrected chi connectivity index (χ1v) is 8.66.